The van der Waals surface area contributed by atoms with Gasteiger partial charge in [-0.05, 0) is 35.9 Å². The Hall–Kier alpha value is -0.890. The molecule has 2 heteroatoms. The maximum absolute atomic E-state index is 13.4. The number of aryl methyl sites for hydroxylation is 2. The lowest BCUT2D eigenvalue weighted by molar-refractivity contribution is 0.639. The molecule has 0 saturated carbocycles. The van der Waals surface area contributed by atoms with Crippen molar-refractivity contribution >= 4 is 21.4 Å². The standard InChI is InChI=1S/C11H11FS/c1-3-8-4-5-9(12)10-7(2)6-13-11(8)10/h4-6H,3H2,1-2H3. The number of rotatable bonds is 1. The summed E-state index contributed by atoms with van der Waals surface area (Å²) in [4.78, 5) is 0. The Morgan fingerprint density at radius 2 is 2.15 bits per heavy atom. The molecule has 0 aliphatic carbocycles. The van der Waals surface area contributed by atoms with E-state index < -0.39 is 0 Å². The quantitative estimate of drug-likeness (QED) is 0.645. The normalized spacial score (nSPS) is 11.0. The second-order valence-corrected chi connectivity index (χ2v) is 4.06. The first kappa shape index (κ1) is 8.70. The minimum Gasteiger partial charge on any atom is -0.206 e. The molecule has 0 nitrogen and oxygen atoms in total. The predicted octanol–water partition coefficient (Wildman–Crippen LogP) is 3.91. The lowest BCUT2D eigenvalue weighted by Gasteiger charge is -2.00. The minimum atomic E-state index is -0.0917. The molecule has 0 radical (unpaired) electrons. The van der Waals surface area contributed by atoms with Crippen molar-refractivity contribution in [1.29, 1.82) is 0 Å². The molecule has 0 spiro atoms. The fourth-order valence-electron chi connectivity index (χ4n) is 1.59. The van der Waals surface area contributed by atoms with E-state index in [4.69, 9.17) is 0 Å². The van der Waals surface area contributed by atoms with Crippen molar-refractivity contribution < 1.29 is 4.39 Å². The molecule has 1 aromatic heterocycles. The fraction of sp³-hybridized carbons (Fsp3) is 0.273. The highest BCUT2D eigenvalue weighted by Crippen LogP contribution is 2.30. The summed E-state index contributed by atoms with van der Waals surface area (Å²) in [5.74, 6) is -0.0917. The summed E-state index contributed by atoms with van der Waals surface area (Å²) in [6.45, 7) is 4.06. The van der Waals surface area contributed by atoms with E-state index in [1.54, 1.807) is 17.4 Å². The first-order valence-electron chi connectivity index (χ1n) is 4.39. The maximum atomic E-state index is 13.4. The molecule has 0 bridgehead atoms. The van der Waals surface area contributed by atoms with Crippen LogP contribution in [-0.2, 0) is 6.42 Å². The largest absolute Gasteiger partial charge is 0.206 e. The van der Waals surface area contributed by atoms with Crippen molar-refractivity contribution in [3.63, 3.8) is 0 Å². The average molecular weight is 194 g/mol. The summed E-state index contributed by atoms with van der Waals surface area (Å²) in [5.41, 5.74) is 2.29. The van der Waals surface area contributed by atoms with E-state index in [0.29, 0.717) is 0 Å². The van der Waals surface area contributed by atoms with Crippen LogP contribution in [0.25, 0.3) is 10.1 Å². The molecule has 68 valence electrons. The molecule has 1 aromatic carbocycles. The molecule has 2 aromatic rings. The van der Waals surface area contributed by atoms with Crippen LogP contribution < -0.4 is 0 Å². The van der Waals surface area contributed by atoms with Crippen LogP contribution in [0.15, 0.2) is 17.5 Å². The topological polar surface area (TPSA) is 0 Å². The third kappa shape index (κ3) is 1.25. The SMILES string of the molecule is CCc1ccc(F)c2c(C)csc12. The van der Waals surface area contributed by atoms with Gasteiger partial charge in [0.15, 0.2) is 0 Å². The van der Waals surface area contributed by atoms with Gasteiger partial charge >= 0.3 is 0 Å². The number of halogens is 1. The Kier molecular flexibility index (Phi) is 2.08. The van der Waals surface area contributed by atoms with Crippen molar-refractivity contribution in [2.24, 2.45) is 0 Å². The zero-order valence-electron chi connectivity index (χ0n) is 7.73. The van der Waals surface area contributed by atoms with Crippen LogP contribution in [0.4, 0.5) is 4.39 Å². The molecule has 0 unspecified atom stereocenters. The smallest absolute Gasteiger partial charge is 0.132 e. The highest BCUT2D eigenvalue weighted by Gasteiger charge is 2.08. The summed E-state index contributed by atoms with van der Waals surface area (Å²) in [6, 6.07) is 3.45. The summed E-state index contributed by atoms with van der Waals surface area (Å²) in [6.07, 6.45) is 0.969. The van der Waals surface area contributed by atoms with E-state index in [2.05, 4.69) is 6.92 Å². The second-order valence-electron chi connectivity index (χ2n) is 3.18. The third-order valence-corrected chi connectivity index (χ3v) is 3.49. The molecule has 0 atom stereocenters. The summed E-state index contributed by atoms with van der Waals surface area (Å²) in [7, 11) is 0. The molecular weight excluding hydrogens is 183 g/mol. The fourth-order valence-corrected chi connectivity index (χ4v) is 2.74. The lowest BCUT2D eigenvalue weighted by Crippen LogP contribution is -1.83. The molecule has 1 heterocycles. The van der Waals surface area contributed by atoms with Crippen molar-refractivity contribution in [1.82, 2.24) is 0 Å². The highest BCUT2D eigenvalue weighted by atomic mass is 32.1. The lowest BCUT2D eigenvalue weighted by atomic mass is 10.1. The van der Waals surface area contributed by atoms with E-state index in [1.807, 2.05) is 18.4 Å². The number of benzene rings is 1. The zero-order valence-corrected chi connectivity index (χ0v) is 8.54. The van der Waals surface area contributed by atoms with Crippen molar-refractivity contribution in [2.75, 3.05) is 0 Å². The van der Waals surface area contributed by atoms with E-state index in [0.717, 1.165) is 22.1 Å². The second kappa shape index (κ2) is 3.11. The van der Waals surface area contributed by atoms with Gasteiger partial charge in [0.25, 0.3) is 0 Å². The molecule has 0 amide bonds. The molecule has 2 rings (SSSR count). The summed E-state index contributed by atoms with van der Waals surface area (Å²) < 4.78 is 14.5. The highest BCUT2D eigenvalue weighted by molar-refractivity contribution is 7.17. The van der Waals surface area contributed by atoms with Gasteiger partial charge in [-0.25, -0.2) is 4.39 Å². The molecule has 0 N–H and O–H groups in total. The van der Waals surface area contributed by atoms with Gasteiger partial charge in [0.2, 0.25) is 0 Å². The van der Waals surface area contributed by atoms with Crippen LogP contribution in [0, 0.1) is 12.7 Å². The van der Waals surface area contributed by atoms with Gasteiger partial charge in [-0.2, -0.15) is 0 Å². The van der Waals surface area contributed by atoms with Crippen LogP contribution in [0.3, 0.4) is 0 Å². The maximum Gasteiger partial charge on any atom is 0.132 e. The van der Waals surface area contributed by atoms with E-state index >= 15 is 0 Å². The first-order valence-corrected chi connectivity index (χ1v) is 5.27. The monoisotopic (exact) mass is 194 g/mol. The van der Waals surface area contributed by atoms with Crippen molar-refractivity contribution in [2.45, 2.75) is 20.3 Å². The average Bonchev–Trinajstić information content (AvgIpc) is 2.50. The van der Waals surface area contributed by atoms with Crippen LogP contribution in [0.2, 0.25) is 0 Å². The Morgan fingerprint density at radius 1 is 1.38 bits per heavy atom. The molecule has 0 fully saturated rings. The van der Waals surface area contributed by atoms with Crippen LogP contribution in [-0.4, -0.2) is 0 Å². The molecule has 0 saturated heterocycles. The molecule has 0 aliphatic heterocycles. The Labute approximate surface area is 81.0 Å². The van der Waals surface area contributed by atoms with E-state index in [1.165, 1.54) is 5.56 Å². The van der Waals surface area contributed by atoms with Gasteiger partial charge in [0, 0.05) is 10.1 Å². The first-order chi connectivity index (χ1) is 6.24. The Morgan fingerprint density at radius 3 is 2.85 bits per heavy atom. The Balaban J connectivity index is 2.87. The van der Waals surface area contributed by atoms with Gasteiger partial charge in [-0.3, -0.25) is 0 Å². The summed E-state index contributed by atoms with van der Waals surface area (Å²) >= 11 is 1.64. The zero-order chi connectivity index (χ0) is 9.42. The van der Waals surface area contributed by atoms with Crippen LogP contribution >= 0.6 is 11.3 Å². The van der Waals surface area contributed by atoms with E-state index in [9.17, 15) is 4.39 Å². The predicted molar refractivity (Wildman–Crippen MR) is 55.9 cm³/mol. The van der Waals surface area contributed by atoms with Gasteiger partial charge in [-0.1, -0.05) is 13.0 Å². The Bertz CT molecular complexity index is 443. The minimum absolute atomic E-state index is 0.0917. The number of thiophene rings is 1. The third-order valence-electron chi connectivity index (χ3n) is 2.32. The molecule has 0 aliphatic rings. The van der Waals surface area contributed by atoms with Crippen molar-refractivity contribution in [3.8, 4) is 0 Å². The van der Waals surface area contributed by atoms with Crippen LogP contribution in [0.1, 0.15) is 18.1 Å². The molecular formula is C11H11FS. The van der Waals surface area contributed by atoms with Gasteiger partial charge < -0.3 is 0 Å². The number of fused-ring (bicyclic) bond motifs is 1. The van der Waals surface area contributed by atoms with Gasteiger partial charge in [-0.15, -0.1) is 11.3 Å². The van der Waals surface area contributed by atoms with E-state index in [-0.39, 0.29) is 5.82 Å². The van der Waals surface area contributed by atoms with Gasteiger partial charge in [0.05, 0.1) is 0 Å². The summed E-state index contributed by atoms with van der Waals surface area (Å²) in [5, 5.41) is 2.83. The molecule has 13 heavy (non-hydrogen) atoms. The van der Waals surface area contributed by atoms with Crippen LogP contribution in [0.5, 0.6) is 0 Å². The number of hydrogen-bond donors (Lipinski definition) is 0. The van der Waals surface area contributed by atoms with Gasteiger partial charge in [0.1, 0.15) is 5.82 Å². The van der Waals surface area contributed by atoms with Crippen molar-refractivity contribution in [3.05, 3.63) is 34.5 Å². The number of hydrogen-bond acceptors (Lipinski definition) is 1.